The number of aromatic nitrogens is 2. The third kappa shape index (κ3) is 4.61. The summed E-state index contributed by atoms with van der Waals surface area (Å²) in [7, 11) is 0. The fraction of sp³-hybridized carbons (Fsp3) is 0.500. The maximum absolute atomic E-state index is 12.3. The molecule has 6 nitrogen and oxygen atoms in total. The van der Waals surface area contributed by atoms with Crippen LogP contribution in [-0.2, 0) is 4.79 Å². The van der Waals surface area contributed by atoms with Gasteiger partial charge in [0.25, 0.3) is 0 Å². The summed E-state index contributed by atoms with van der Waals surface area (Å²) >= 11 is 0. The molecular formula is C22H29N5O. The Morgan fingerprint density at radius 2 is 1.64 bits per heavy atom. The van der Waals surface area contributed by atoms with E-state index >= 15 is 0 Å². The Morgan fingerprint density at radius 1 is 0.964 bits per heavy atom. The van der Waals surface area contributed by atoms with Gasteiger partial charge in [-0.1, -0.05) is 12.8 Å². The molecule has 2 fully saturated rings. The van der Waals surface area contributed by atoms with Gasteiger partial charge >= 0.3 is 0 Å². The van der Waals surface area contributed by atoms with E-state index in [0.29, 0.717) is 5.95 Å². The van der Waals surface area contributed by atoms with Gasteiger partial charge < -0.3 is 15.5 Å². The first-order valence-electron chi connectivity index (χ1n) is 10.5. The molecule has 2 heterocycles. The average molecular weight is 380 g/mol. The maximum Gasteiger partial charge on any atom is 0.229 e. The summed E-state index contributed by atoms with van der Waals surface area (Å²) in [5.41, 5.74) is 2.70. The van der Waals surface area contributed by atoms with E-state index < -0.39 is 0 Å². The number of nitrogens with zero attached hydrogens (tertiary/aromatic N) is 3. The van der Waals surface area contributed by atoms with E-state index in [1.807, 2.05) is 31.2 Å². The number of anilines is 4. The first kappa shape index (κ1) is 18.7. The first-order valence-corrected chi connectivity index (χ1v) is 10.5. The van der Waals surface area contributed by atoms with Crippen molar-refractivity contribution in [2.75, 3.05) is 28.6 Å². The number of hydrogen-bond donors (Lipinski definition) is 2. The monoisotopic (exact) mass is 379 g/mol. The van der Waals surface area contributed by atoms with Crippen LogP contribution in [-0.4, -0.2) is 29.0 Å². The van der Waals surface area contributed by atoms with Crippen molar-refractivity contribution in [2.24, 2.45) is 5.92 Å². The lowest BCUT2D eigenvalue weighted by Crippen LogP contribution is -2.30. The molecule has 148 valence electrons. The van der Waals surface area contributed by atoms with Gasteiger partial charge in [0.1, 0.15) is 5.82 Å². The Morgan fingerprint density at radius 3 is 2.36 bits per heavy atom. The Bertz CT molecular complexity index is 808. The molecule has 0 unspecified atom stereocenters. The zero-order valence-corrected chi connectivity index (χ0v) is 16.6. The van der Waals surface area contributed by atoms with Crippen LogP contribution < -0.4 is 15.5 Å². The average Bonchev–Trinajstić information content (AvgIpc) is 3.25. The van der Waals surface area contributed by atoms with Crippen LogP contribution in [0.2, 0.25) is 0 Å². The number of carbonyl (C=O) groups is 1. The Balaban J connectivity index is 1.41. The lowest BCUT2D eigenvalue weighted by Gasteiger charge is -2.28. The van der Waals surface area contributed by atoms with E-state index in [0.717, 1.165) is 61.7 Å². The zero-order chi connectivity index (χ0) is 19.3. The largest absolute Gasteiger partial charge is 0.356 e. The lowest BCUT2D eigenvalue weighted by molar-refractivity contribution is -0.119. The van der Waals surface area contributed by atoms with Gasteiger partial charge in [-0.05, 0) is 63.3 Å². The van der Waals surface area contributed by atoms with E-state index in [4.69, 9.17) is 4.98 Å². The van der Waals surface area contributed by atoms with E-state index in [1.54, 1.807) is 0 Å². The van der Waals surface area contributed by atoms with Crippen LogP contribution in [0.25, 0.3) is 0 Å². The van der Waals surface area contributed by atoms with E-state index in [-0.39, 0.29) is 11.8 Å². The summed E-state index contributed by atoms with van der Waals surface area (Å²) in [6.07, 6.45) is 8.09. The molecule has 28 heavy (non-hydrogen) atoms. The number of amides is 1. The molecular weight excluding hydrogens is 350 g/mol. The van der Waals surface area contributed by atoms with Crippen molar-refractivity contribution in [1.29, 1.82) is 0 Å². The van der Waals surface area contributed by atoms with Crippen molar-refractivity contribution in [3.63, 3.8) is 0 Å². The zero-order valence-electron chi connectivity index (χ0n) is 16.6. The predicted octanol–water partition coefficient (Wildman–Crippen LogP) is 4.65. The predicted molar refractivity (Wildman–Crippen MR) is 113 cm³/mol. The standard InChI is InChI=1S/C22H29N5O/c1-16-15-20(27-13-5-2-6-14-27)26-22(23-16)25-19-11-9-18(10-12-19)24-21(28)17-7-3-4-8-17/h9-12,15,17H,2-8,13-14H2,1H3,(H,24,28)(H,23,25,26). The van der Waals surface area contributed by atoms with Crippen LogP contribution in [0.5, 0.6) is 0 Å². The number of rotatable bonds is 5. The highest BCUT2D eigenvalue weighted by atomic mass is 16.1. The van der Waals surface area contributed by atoms with Crippen molar-refractivity contribution < 1.29 is 4.79 Å². The van der Waals surface area contributed by atoms with Gasteiger partial charge in [0.15, 0.2) is 0 Å². The normalized spacial score (nSPS) is 17.5. The number of nitrogens with one attached hydrogen (secondary N) is 2. The fourth-order valence-electron chi connectivity index (χ4n) is 4.09. The van der Waals surface area contributed by atoms with Gasteiger partial charge in [-0.25, -0.2) is 4.98 Å². The van der Waals surface area contributed by atoms with Gasteiger partial charge in [0.05, 0.1) is 0 Å². The van der Waals surface area contributed by atoms with Crippen molar-refractivity contribution in [3.05, 3.63) is 36.0 Å². The highest BCUT2D eigenvalue weighted by Crippen LogP contribution is 2.27. The maximum atomic E-state index is 12.3. The Labute approximate surface area is 166 Å². The molecule has 1 amide bonds. The topological polar surface area (TPSA) is 70.2 Å². The fourth-order valence-corrected chi connectivity index (χ4v) is 4.09. The van der Waals surface area contributed by atoms with Crippen LogP contribution in [0.4, 0.5) is 23.1 Å². The molecule has 2 aromatic rings. The Hall–Kier alpha value is -2.63. The van der Waals surface area contributed by atoms with Crippen molar-refractivity contribution in [1.82, 2.24) is 9.97 Å². The first-order chi connectivity index (χ1) is 13.7. The highest BCUT2D eigenvalue weighted by Gasteiger charge is 2.22. The summed E-state index contributed by atoms with van der Waals surface area (Å²) in [4.78, 5) is 23.8. The van der Waals surface area contributed by atoms with Crippen LogP contribution in [0, 0.1) is 12.8 Å². The van der Waals surface area contributed by atoms with Gasteiger partial charge in [-0.2, -0.15) is 4.98 Å². The van der Waals surface area contributed by atoms with E-state index in [9.17, 15) is 4.79 Å². The van der Waals surface area contributed by atoms with Crippen LogP contribution in [0.15, 0.2) is 30.3 Å². The molecule has 6 heteroatoms. The second kappa shape index (κ2) is 8.59. The number of carbonyl (C=O) groups excluding carboxylic acids is 1. The summed E-state index contributed by atoms with van der Waals surface area (Å²) in [6.45, 7) is 4.12. The molecule has 1 aliphatic heterocycles. The van der Waals surface area contributed by atoms with E-state index in [2.05, 4.69) is 26.6 Å². The van der Waals surface area contributed by atoms with Gasteiger partial charge in [0, 0.05) is 42.1 Å². The number of aryl methyl sites for hydroxylation is 1. The molecule has 2 N–H and O–H groups in total. The van der Waals surface area contributed by atoms with Gasteiger partial charge in [-0.15, -0.1) is 0 Å². The van der Waals surface area contributed by atoms with Gasteiger partial charge in [-0.3, -0.25) is 4.79 Å². The molecule has 1 saturated heterocycles. The minimum atomic E-state index is 0.145. The third-order valence-corrected chi connectivity index (χ3v) is 5.66. The van der Waals surface area contributed by atoms with Crippen molar-refractivity contribution in [3.8, 4) is 0 Å². The highest BCUT2D eigenvalue weighted by molar-refractivity contribution is 5.92. The summed E-state index contributed by atoms with van der Waals surface area (Å²) in [5.74, 6) is 1.93. The molecule has 2 aliphatic rings. The number of piperidine rings is 1. The van der Waals surface area contributed by atoms with Crippen LogP contribution >= 0.6 is 0 Å². The molecule has 1 saturated carbocycles. The van der Waals surface area contributed by atoms with E-state index in [1.165, 1.54) is 19.3 Å². The van der Waals surface area contributed by atoms with Gasteiger partial charge in [0.2, 0.25) is 11.9 Å². The molecule has 0 spiro atoms. The quantitative estimate of drug-likeness (QED) is 0.791. The second-order valence-corrected chi connectivity index (χ2v) is 7.91. The molecule has 4 rings (SSSR count). The smallest absolute Gasteiger partial charge is 0.229 e. The second-order valence-electron chi connectivity index (χ2n) is 7.91. The molecule has 1 aliphatic carbocycles. The van der Waals surface area contributed by atoms with Crippen molar-refractivity contribution >= 4 is 29.0 Å². The summed E-state index contributed by atoms with van der Waals surface area (Å²) < 4.78 is 0. The summed E-state index contributed by atoms with van der Waals surface area (Å²) in [6, 6.07) is 9.82. The van der Waals surface area contributed by atoms with Crippen LogP contribution in [0.1, 0.15) is 50.6 Å². The van der Waals surface area contributed by atoms with Crippen molar-refractivity contribution in [2.45, 2.75) is 51.9 Å². The molecule has 0 atom stereocenters. The number of hydrogen-bond acceptors (Lipinski definition) is 5. The number of benzene rings is 1. The summed E-state index contributed by atoms with van der Waals surface area (Å²) in [5, 5.41) is 6.33. The molecule has 1 aromatic carbocycles. The van der Waals surface area contributed by atoms with Crippen LogP contribution in [0.3, 0.4) is 0 Å². The lowest BCUT2D eigenvalue weighted by atomic mass is 10.1. The molecule has 0 radical (unpaired) electrons. The molecule has 1 aromatic heterocycles. The SMILES string of the molecule is Cc1cc(N2CCCCC2)nc(Nc2ccc(NC(=O)C3CCCC3)cc2)n1. The molecule has 0 bridgehead atoms. The minimum absolute atomic E-state index is 0.145. The Kier molecular flexibility index (Phi) is 5.74. The minimum Gasteiger partial charge on any atom is -0.356 e. The third-order valence-electron chi connectivity index (χ3n) is 5.66.